The third-order valence-corrected chi connectivity index (χ3v) is 1.59. The lowest BCUT2D eigenvalue weighted by atomic mass is 10.4. The summed E-state index contributed by atoms with van der Waals surface area (Å²) in [5, 5.41) is 8.16. The van der Waals surface area contributed by atoms with Crippen LogP contribution in [0.3, 0.4) is 0 Å². The van der Waals surface area contributed by atoms with Gasteiger partial charge in [0.25, 0.3) is 0 Å². The number of hydrogen-bond donors (Lipinski definition) is 3. The van der Waals surface area contributed by atoms with Crippen LogP contribution >= 0.6 is 0 Å². The fourth-order valence-corrected chi connectivity index (χ4v) is 1.00. The lowest BCUT2D eigenvalue weighted by molar-refractivity contribution is -0.117. The zero-order chi connectivity index (χ0) is 11.8. The quantitative estimate of drug-likeness (QED) is 0.423. The van der Waals surface area contributed by atoms with E-state index in [0.29, 0.717) is 0 Å². The second-order valence-electron chi connectivity index (χ2n) is 3.04. The van der Waals surface area contributed by atoms with Gasteiger partial charge in [0.15, 0.2) is 0 Å². The molecule has 0 aromatic rings. The molecule has 3 N–H and O–H groups in total. The summed E-state index contributed by atoms with van der Waals surface area (Å²) in [4.78, 5) is 21.8. The molecule has 0 fully saturated rings. The molecule has 0 radical (unpaired) electrons. The average Bonchev–Trinajstić information content (AvgIpc) is 2.16. The van der Waals surface area contributed by atoms with Crippen molar-refractivity contribution in [3.05, 3.63) is 25.3 Å². The van der Waals surface area contributed by atoms with Gasteiger partial charge in [-0.2, -0.15) is 0 Å². The van der Waals surface area contributed by atoms with Crippen molar-refractivity contribution < 1.29 is 9.59 Å². The Bertz CT molecular complexity index is 237. The normalized spacial score (nSPS) is 13.5. The third-order valence-electron chi connectivity index (χ3n) is 1.59. The Kier molecular flexibility index (Phi) is 6.05. The molecular formula is C10H17N3O2. The standard InChI is InChI=1S/C10H17N3O2/c1-5-9(14)12-7(3)11-8(4)13-10(15)6-2/h5-8,11H,1-2H2,3-4H3,(H,12,14)(H,13,15). The number of carbonyl (C=O) groups excluding carboxylic acids is 2. The van der Waals surface area contributed by atoms with Gasteiger partial charge in [0.2, 0.25) is 11.8 Å². The van der Waals surface area contributed by atoms with Crippen molar-refractivity contribution in [3.8, 4) is 0 Å². The molecule has 0 heterocycles. The first-order chi connectivity index (χ1) is 6.99. The molecule has 0 aromatic carbocycles. The van der Waals surface area contributed by atoms with E-state index in [1.165, 1.54) is 12.2 Å². The molecule has 0 aliphatic carbocycles. The van der Waals surface area contributed by atoms with Crippen molar-refractivity contribution in [2.45, 2.75) is 26.2 Å². The van der Waals surface area contributed by atoms with Crippen LogP contribution in [0.4, 0.5) is 0 Å². The van der Waals surface area contributed by atoms with E-state index in [0.717, 1.165) is 0 Å². The Labute approximate surface area is 89.6 Å². The molecule has 0 rings (SSSR count). The summed E-state index contributed by atoms with van der Waals surface area (Å²) in [6.45, 7) is 10.2. The SMILES string of the molecule is C=CC(=O)NC(C)NC(C)NC(=O)C=C. The molecule has 0 bridgehead atoms. The number of carbonyl (C=O) groups is 2. The maximum Gasteiger partial charge on any atom is 0.244 e. The van der Waals surface area contributed by atoms with Crippen molar-refractivity contribution >= 4 is 11.8 Å². The highest BCUT2D eigenvalue weighted by Gasteiger charge is 2.08. The number of amides is 2. The summed E-state index contributed by atoms with van der Waals surface area (Å²) in [6, 6.07) is 0. The highest BCUT2D eigenvalue weighted by Crippen LogP contribution is 1.82. The van der Waals surface area contributed by atoms with Crippen molar-refractivity contribution in [3.63, 3.8) is 0 Å². The molecular weight excluding hydrogens is 194 g/mol. The summed E-state index contributed by atoms with van der Waals surface area (Å²) >= 11 is 0. The topological polar surface area (TPSA) is 70.2 Å². The fourth-order valence-electron chi connectivity index (χ4n) is 1.00. The van der Waals surface area contributed by atoms with E-state index in [2.05, 4.69) is 29.1 Å². The zero-order valence-electron chi connectivity index (χ0n) is 9.04. The summed E-state index contributed by atoms with van der Waals surface area (Å²) in [7, 11) is 0. The summed E-state index contributed by atoms with van der Waals surface area (Å²) in [5.41, 5.74) is 0. The highest BCUT2D eigenvalue weighted by molar-refractivity contribution is 5.87. The van der Waals surface area contributed by atoms with Gasteiger partial charge in [-0.1, -0.05) is 13.2 Å². The minimum atomic E-state index is -0.266. The van der Waals surface area contributed by atoms with Gasteiger partial charge in [0.1, 0.15) is 0 Å². The fraction of sp³-hybridized carbons (Fsp3) is 0.400. The molecule has 84 valence electrons. The smallest absolute Gasteiger partial charge is 0.244 e. The molecule has 2 atom stereocenters. The maximum atomic E-state index is 10.9. The Morgan fingerprint density at radius 1 is 1.00 bits per heavy atom. The van der Waals surface area contributed by atoms with Crippen LogP contribution in [0.2, 0.25) is 0 Å². The summed E-state index contributed by atoms with van der Waals surface area (Å²) < 4.78 is 0. The van der Waals surface area contributed by atoms with E-state index in [-0.39, 0.29) is 24.1 Å². The molecule has 0 saturated heterocycles. The van der Waals surface area contributed by atoms with Crippen LogP contribution in [0, 0.1) is 0 Å². The van der Waals surface area contributed by atoms with Crippen molar-refractivity contribution in [1.29, 1.82) is 0 Å². The first kappa shape index (κ1) is 13.4. The summed E-state index contributed by atoms with van der Waals surface area (Å²) in [5.74, 6) is -0.533. The lowest BCUT2D eigenvalue weighted by Crippen LogP contribution is -2.52. The molecule has 0 spiro atoms. The van der Waals surface area contributed by atoms with Crippen molar-refractivity contribution in [2.24, 2.45) is 0 Å². The number of hydrogen-bond acceptors (Lipinski definition) is 3. The molecule has 0 aromatic heterocycles. The molecule has 5 heteroatoms. The van der Waals surface area contributed by atoms with Crippen LogP contribution in [0.1, 0.15) is 13.8 Å². The average molecular weight is 211 g/mol. The Morgan fingerprint density at radius 3 is 1.60 bits per heavy atom. The van der Waals surface area contributed by atoms with Gasteiger partial charge in [0.05, 0.1) is 12.3 Å². The predicted molar refractivity (Wildman–Crippen MR) is 58.7 cm³/mol. The molecule has 0 aliphatic rings. The Morgan fingerprint density at radius 2 is 1.33 bits per heavy atom. The molecule has 15 heavy (non-hydrogen) atoms. The largest absolute Gasteiger partial charge is 0.337 e. The molecule has 2 amide bonds. The molecule has 2 unspecified atom stereocenters. The van der Waals surface area contributed by atoms with E-state index in [1.54, 1.807) is 13.8 Å². The van der Waals surface area contributed by atoms with E-state index in [4.69, 9.17) is 0 Å². The number of nitrogens with one attached hydrogen (secondary N) is 3. The van der Waals surface area contributed by atoms with Crippen LogP contribution < -0.4 is 16.0 Å². The minimum Gasteiger partial charge on any atom is -0.337 e. The van der Waals surface area contributed by atoms with E-state index < -0.39 is 0 Å². The van der Waals surface area contributed by atoms with Gasteiger partial charge < -0.3 is 10.6 Å². The van der Waals surface area contributed by atoms with Crippen LogP contribution in [0.25, 0.3) is 0 Å². The first-order valence-corrected chi connectivity index (χ1v) is 4.61. The first-order valence-electron chi connectivity index (χ1n) is 4.61. The van der Waals surface area contributed by atoms with Gasteiger partial charge in [-0.25, -0.2) is 0 Å². The molecule has 0 aliphatic heterocycles. The summed E-state index contributed by atoms with van der Waals surface area (Å²) in [6.07, 6.45) is 1.86. The van der Waals surface area contributed by atoms with Gasteiger partial charge in [-0.15, -0.1) is 0 Å². The number of rotatable bonds is 6. The van der Waals surface area contributed by atoms with Gasteiger partial charge >= 0.3 is 0 Å². The molecule has 5 nitrogen and oxygen atoms in total. The second-order valence-corrected chi connectivity index (χ2v) is 3.04. The highest BCUT2D eigenvalue weighted by atomic mass is 16.2. The van der Waals surface area contributed by atoms with Crippen molar-refractivity contribution in [1.82, 2.24) is 16.0 Å². The van der Waals surface area contributed by atoms with Gasteiger partial charge in [-0.3, -0.25) is 14.9 Å². The third kappa shape index (κ3) is 6.45. The zero-order valence-corrected chi connectivity index (χ0v) is 9.04. The van der Waals surface area contributed by atoms with E-state index in [9.17, 15) is 9.59 Å². The van der Waals surface area contributed by atoms with Crippen molar-refractivity contribution in [2.75, 3.05) is 0 Å². The Balaban J connectivity index is 3.89. The predicted octanol–water partition coefficient (Wildman–Crippen LogP) is -0.128. The second kappa shape index (κ2) is 6.78. The minimum absolute atomic E-state index is 0.254. The van der Waals surface area contributed by atoms with E-state index in [1.807, 2.05) is 0 Å². The lowest BCUT2D eigenvalue weighted by Gasteiger charge is -2.20. The van der Waals surface area contributed by atoms with E-state index >= 15 is 0 Å². The van der Waals surface area contributed by atoms with Crippen LogP contribution in [-0.4, -0.2) is 24.1 Å². The monoisotopic (exact) mass is 211 g/mol. The van der Waals surface area contributed by atoms with Crippen LogP contribution in [0.15, 0.2) is 25.3 Å². The van der Waals surface area contributed by atoms with Crippen LogP contribution in [0.5, 0.6) is 0 Å². The Hall–Kier alpha value is -1.62. The molecule has 0 saturated carbocycles. The van der Waals surface area contributed by atoms with Gasteiger partial charge in [0, 0.05) is 0 Å². The maximum absolute atomic E-state index is 10.9. The van der Waals surface area contributed by atoms with Gasteiger partial charge in [-0.05, 0) is 26.0 Å². The van der Waals surface area contributed by atoms with Crippen LogP contribution in [-0.2, 0) is 9.59 Å².